The second-order valence-electron chi connectivity index (χ2n) is 7.60. The van der Waals surface area contributed by atoms with Gasteiger partial charge in [0, 0.05) is 10.4 Å². The molecule has 0 saturated carbocycles. The highest BCUT2D eigenvalue weighted by Crippen LogP contribution is 2.44. The van der Waals surface area contributed by atoms with Crippen LogP contribution >= 0.6 is 34.8 Å². The summed E-state index contributed by atoms with van der Waals surface area (Å²) in [6.07, 6.45) is -9.24. The first-order valence-electron chi connectivity index (χ1n) is 9.90. The fourth-order valence-corrected chi connectivity index (χ4v) is 4.24. The summed E-state index contributed by atoms with van der Waals surface area (Å²) in [7, 11) is 0. The third-order valence-corrected chi connectivity index (χ3v) is 5.97. The maximum atomic E-state index is 13.1. The van der Waals surface area contributed by atoms with Crippen LogP contribution in [-0.4, -0.2) is 9.67 Å². The Balaban J connectivity index is 1.80. The van der Waals surface area contributed by atoms with Crippen LogP contribution in [0.1, 0.15) is 16.7 Å². The number of benzene rings is 3. The van der Waals surface area contributed by atoms with E-state index >= 15 is 0 Å². The Morgan fingerprint density at radius 3 is 1.97 bits per heavy atom. The number of azo groups is 1. The summed E-state index contributed by atoms with van der Waals surface area (Å²) < 4.78 is 79.6. The largest absolute Gasteiger partial charge is 0.493 e. The van der Waals surface area contributed by atoms with Crippen molar-refractivity contribution in [3.63, 3.8) is 0 Å². The summed E-state index contributed by atoms with van der Waals surface area (Å²) in [6, 6.07) is 10.3. The van der Waals surface area contributed by atoms with Gasteiger partial charge < -0.3 is 9.67 Å². The Hall–Kier alpha value is -2.95. The molecule has 3 aromatic carbocycles. The van der Waals surface area contributed by atoms with Gasteiger partial charge in [-0.1, -0.05) is 46.9 Å². The van der Waals surface area contributed by atoms with Crippen LogP contribution in [0.15, 0.2) is 64.8 Å². The minimum absolute atomic E-state index is 0.133. The molecule has 0 aliphatic carbocycles. The lowest BCUT2D eigenvalue weighted by Crippen LogP contribution is -2.06. The number of aromatic hydroxyl groups is 1. The van der Waals surface area contributed by atoms with E-state index in [1.54, 1.807) is 0 Å². The molecule has 4 aromatic rings. The zero-order chi connectivity index (χ0) is 26.4. The minimum atomic E-state index is -4.69. The van der Waals surface area contributed by atoms with Gasteiger partial charge in [-0.3, -0.25) is 0 Å². The molecular weight excluding hydrogens is 555 g/mol. The van der Waals surface area contributed by atoms with Crippen LogP contribution in [0.3, 0.4) is 0 Å². The molecule has 13 heteroatoms. The van der Waals surface area contributed by atoms with Crippen molar-refractivity contribution in [1.29, 1.82) is 0 Å². The van der Waals surface area contributed by atoms with Crippen molar-refractivity contribution in [2.75, 3.05) is 0 Å². The minimum Gasteiger partial charge on any atom is -0.493 e. The monoisotopic (exact) mass is 565 g/mol. The van der Waals surface area contributed by atoms with Gasteiger partial charge in [0.15, 0.2) is 5.69 Å². The number of hydrogen-bond donors (Lipinski definition) is 1. The molecule has 0 amide bonds. The Morgan fingerprint density at radius 1 is 0.750 bits per heavy atom. The van der Waals surface area contributed by atoms with E-state index in [-0.39, 0.29) is 33.9 Å². The number of hydrogen-bond acceptors (Lipinski definition) is 3. The molecule has 188 valence electrons. The van der Waals surface area contributed by atoms with E-state index in [9.17, 15) is 31.4 Å². The predicted molar refractivity (Wildman–Crippen MR) is 125 cm³/mol. The van der Waals surface area contributed by atoms with E-state index < -0.39 is 39.4 Å². The molecule has 4 nitrogen and oxygen atoms in total. The van der Waals surface area contributed by atoms with Gasteiger partial charge in [0.25, 0.3) is 0 Å². The molecule has 0 atom stereocenters. The first-order valence-corrected chi connectivity index (χ1v) is 11.0. The lowest BCUT2D eigenvalue weighted by molar-refractivity contribution is -0.138. The zero-order valence-electron chi connectivity index (χ0n) is 17.6. The third kappa shape index (κ3) is 5.25. The van der Waals surface area contributed by atoms with E-state index in [0.717, 1.165) is 12.1 Å². The highest BCUT2D eigenvalue weighted by atomic mass is 35.5. The summed E-state index contributed by atoms with van der Waals surface area (Å²) in [5, 5.41) is 18.4. The molecule has 0 saturated heterocycles. The van der Waals surface area contributed by atoms with Crippen LogP contribution < -0.4 is 0 Å². The molecule has 0 aliphatic rings. The van der Waals surface area contributed by atoms with Gasteiger partial charge in [0.05, 0.1) is 33.2 Å². The second kappa shape index (κ2) is 9.49. The summed E-state index contributed by atoms with van der Waals surface area (Å²) in [6.45, 7) is -0.162. The quantitative estimate of drug-likeness (QED) is 0.194. The molecule has 0 fully saturated rings. The van der Waals surface area contributed by atoms with Crippen LogP contribution in [0.4, 0.5) is 37.7 Å². The number of nitrogens with zero attached hydrogens (tertiary/aromatic N) is 3. The second-order valence-corrected chi connectivity index (χ2v) is 8.86. The van der Waals surface area contributed by atoms with Crippen molar-refractivity contribution in [3.05, 3.63) is 86.4 Å². The molecule has 1 aromatic heterocycles. The maximum Gasteiger partial charge on any atom is 0.416 e. The fourth-order valence-electron chi connectivity index (χ4n) is 3.51. The molecule has 36 heavy (non-hydrogen) atoms. The Kier molecular flexibility index (Phi) is 6.89. The number of rotatable bonds is 4. The summed E-state index contributed by atoms with van der Waals surface area (Å²) in [5.74, 6) is -0.465. The molecule has 4 rings (SSSR count). The number of fused-ring (bicyclic) bond motifs is 1. The van der Waals surface area contributed by atoms with Gasteiger partial charge in [0.2, 0.25) is 5.88 Å². The molecule has 1 N–H and O–H groups in total. The summed E-state index contributed by atoms with van der Waals surface area (Å²) in [4.78, 5) is 0. The molecule has 0 unspecified atom stereocenters. The van der Waals surface area contributed by atoms with Crippen molar-refractivity contribution in [3.8, 4) is 5.88 Å². The number of halogens is 9. The topological polar surface area (TPSA) is 49.9 Å². The van der Waals surface area contributed by atoms with E-state index in [2.05, 4.69) is 10.2 Å². The average molecular weight is 567 g/mol. The van der Waals surface area contributed by atoms with Gasteiger partial charge in [-0.15, -0.1) is 10.2 Å². The summed E-state index contributed by atoms with van der Waals surface area (Å²) >= 11 is 17.9. The average Bonchev–Trinajstić information content (AvgIpc) is 3.02. The van der Waals surface area contributed by atoms with Crippen molar-refractivity contribution in [2.24, 2.45) is 10.2 Å². The first kappa shape index (κ1) is 26.1. The number of alkyl halides is 6. The van der Waals surface area contributed by atoms with Gasteiger partial charge in [-0.25, -0.2) is 0 Å². The van der Waals surface area contributed by atoms with E-state index in [1.165, 1.54) is 34.9 Å². The molecule has 1 heterocycles. The summed E-state index contributed by atoms with van der Waals surface area (Å²) in [5.41, 5.74) is -1.73. The molecule has 0 bridgehead atoms. The van der Waals surface area contributed by atoms with Crippen LogP contribution in [0, 0.1) is 0 Å². The smallest absolute Gasteiger partial charge is 0.416 e. The van der Waals surface area contributed by atoms with E-state index in [4.69, 9.17) is 34.8 Å². The lowest BCUT2D eigenvalue weighted by atomic mass is 10.1. The Bertz CT molecular complexity index is 1470. The van der Waals surface area contributed by atoms with Crippen molar-refractivity contribution >= 4 is 57.1 Å². The van der Waals surface area contributed by atoms with Gasteiger partial charge in [0.1, 0.15) is 5.69 Å². The first-order chi connectivity index (χ1) is 16.8. The molecule has 0 aliphatic heterocycles. The third-order valence-electron chi connectivity index (χ3n) is 5.16. The van der Waals surface area contributed by atoms with Crippen molar-refractivity contribution < 1.29 is 31.4 Å². The van der Waals surface area contributed by atoms with Crippen LogP contribution in [0.5, 0.6) is 5.88 Å². The Labute approximate surface area is 214 Å². The SMILES string of the molecule is Oc1c(N=Nc2c(Cl)cc(C(F)(F)F)cc2Cl)c2cc(Cl)ccc2n1Cc1cccc(C(F)(F)F)c1. The number of aromatic nitrogens is 1. The molecule has 0 spiro atoms. The van der Waals surface area contributed by atoms with Crippen LogP contribution in [-0.2, 0) is 18.9 Å². The van der Waals surface area contributed by atoms with Crippen LogP contribution in [0.25, 0.3) is 10.9 Å². The zero-order valence-corrected chi connectivity index (χ0v) is 19.9. The van der Waals surface area contributed by atoms with Gasteiger partial charge in [-0.05, 0) is 48.0 Å². The molecule has 0 radical (unpaired) electrons. The highest BCUT2D eigenvalue weighted by Gasteiger charge is 2.32. The van der Waals surface area contributed by atoms with E-state index in [0.29, 0.717) is 17.6 Å². The van der Waals surface area contributed by atoms with Crippen molar-refractivity contribution in [2.45, 2.75) is 18.9 Å². The van der Waals surface area contributed by atoms with Crippen molar-refractivity contribution in [1.82, 2.24) is 4.57 Å². The van der Waals surface area contributed by atoms with Gasteiger partial charge >= 0.3 is 12.4 Å². The van der Waals surface area contributed by atoms with Crippen LogP contribution in [0.2, 0.25) is 15.1 Å². The lowest BCUT2D eigenvalue weighted by Gasteiger charge is -2.11. The standard InChI is InChI=1S/C23H12Cl3F6N3O/c24-14-4-5-18-15(9-14)19(33-34-20-16(25)7-13(8-17(20)26)23(30,31)32)21(36)35(18)10-11-2-1-3-12(6-11)22(27,28)29/h1-9,36H,10H2. The fraction of sp³-hybridized carbons (Fsp3) is 0.130. The van der Waals surface area contributed by atoms with Gasteiger partial charge in [-0.2, -0.15) is 26.3 Å². The highest BCUT2D eigenvalue weighted by molar-refractivity contribution is 6.38. The van der Waals surface area contributed by atoms with E-state index in [1.807, 2.05) is 0 Å². The Morgan fingerprint density at radius 2 is 1.36 bits per heavy atom. The normalized spacial score (nSPS) is 12.7. The maximum absolute atomic E-state index is 13.1. The predicted octanol–water partition coefficient (Wildman–Crippen LogP) is 9.81. The molecular formula is C23H12Cl3F6N3O.